The second-order valence-corrected chi connectivity index (χ2v) is 9.14. The van der Waals surface area contributed by atoms with Crippen molar-refractivity contribution in [3.8, 4) is 0 Å². The van der Waals surface area contributed by atoms with Gasteiger partial charge in [0, 0.05) is 12.8 Å². The molecular weight excluding hydrogens is 408 g/mol. The highest BCUT2D eigenvalue weighted by Gasteiger charge is 2.61. The minimum atomic E-state index is -1.14. The number of benzene rings is 2. The summed E-state index contributed by atoms with van der Waals surface area (Å²) in [6, 6.07) is 19.6. The Bertz CT molecular complexity index is 788. The first-order valence-electron chi connectivity index (χ1n) is 11.7. The molecule has 32 heavy (non-hydrogen) atoms. The van der Waals surface area contributed by atoms with Gasteiger partial charge in [0.25, 0.3) is 0 Å². The first kappa shape index (κ1) is 22.0. The molecule has 2 saturated carbocycles. The standard InChI is InChI=1S/C26H32O6/c27-20-21(28)23(30-17-19-12-6-2-7-13-19)25-24(31-26(32-25)14-8-3-9-15-26)22(20)29-16-18-10-4-1-5-11-18/h1-2,4-7,10-13,20-25,27-28H,3,8-9,14-17H2/t20-,21-,22+,23+,24-,25+/m0/s1. The molecule has 6 nitrogen and oxygen atoms in total. The topological polar surface area (TPSA) is 77.4 Å². The summed E-state index contributed by atoms with van der Waals surface area (Å²) in [4.78, 5) is 0. The SMILES string of the molecule is O[C@H]1[C@H](O)[C@@H](OCc2ccccc2)[C@H]2OC3(CCCCC3)O[C@H]2[C@@H]1OCc1ccccc1. The molecule has 0 bridgehead atoms. The number of fused-ring (bicyclic) bond motifs is 1. The van der Waals surface area contributed by atoms with Gasteiger partial charge in [0.15, 0.2) is 5.79 Å². The van der Waals surface area contributed by atoms with Crippen LogP contribution in [-0.4, -0.2) is 52.6 Å². The average Bonchev–Trinajstić information content (AvgIpc) is 3.19. The highest BCUT2D eigenvalue weighted by molar-refractivity contribution is 5.15. The smallest absolute Gasteiger partial charge is 0.169 e. The van der Waals surface area contributed by atoms with Crippen LogP contribution in [0.4, 0.5) is 0 Å². The summed E-state index contributed by atoms with van der Waals surface area (Å²) in [6.45, 7) is 0.648. The summed E-state index contributed by atoms with van der Waals surface area (Å²) < 4.78 is 25.3. The van der Waals surface area contributed by atoms with E-state index in [1.807, 2.05) is 60.7 Å². The molecular formula is C26H32O6. The van der Waals surface area contributed by atoms with Crippen LogP contribution in [0.1, 0.15) is 43.2 Å². The molecule has 172 valence electrons. The summed E-state index contributed by atoms with van der Waals surface area (Å²) in [5, 5.41) is 22.1. The monoisotopic (exact) mass is 440 g/mol. The van der Waals surface area contributed by atoms with Crippen molar-refractivity contribution in [1.29, 1.82) is 0 Å². The summed E-state index contributed by atoms with van der Waals surface area (Å²) >= 11 is 0. The van der Waals surface area contributed by atoms with E-state index in [9.17, 15) is 10.2 Å². The molecule has 3 aliphatic rings. The summed E-state index contributed by atoms with van der Waals surface area (Å²) in [7, 11) is 0. The maximum Gasteiger partial charge on any atom is 0.169 e. The van der Waals surface area contributed by atoms with Gasteiger partial charge in [0.05, 0.1) is 13.2 Å². The summed E-state index contributed by atoms with van der Waals surface area (Å²) in [5.41, 5.74) is 2.00. The van der Waals surface area contributed by atoms with Crippen molar-refractivity contribution < 1.29 is 29.2 Å². The minimum absolute atomic E-state index is 0.324. The van der Waals surface area contributed by atoms with Crippen LogP contribution >= 0.6 is 0 Å². The van der Waals surface area contributed by atoms with Crippen LogP contribution in [0, 0.1) is 0 Å². The van der Waals surface area contributed by atoms with Crippen LogP contribution < -0.4 is 0 Å². The molecule has 0 aromatic heterocycles. The van der Waals surface area contributed by atoms with Gasteiger partial charge in [-0.25, -0.2) is 0 Å². The van der Waals surface area contributed by atoms with E-state index in [0.717, 1.165) is 43.2 Å². The maximum absolute atomic E-state index is 11.0. The molecule has 3 fully saturated rings. The lowest BCUT2D eigenvalue weighted by Gasteiger charge is -2.43. The van der Waals surface area contributed by atoms with Crippen molar-refractivity contribution in [1.82, 2.24) is 0 Å². The first-order chi connectivity index (χ1) is 15.7. The average molecular weight is 441 g/mol. The Morgan fingerprint density at radius 1 is 0.688 bits per heavy atom. The van der Waals surface area contributed by atoms with E-state index < -0.39 is 42.4 Å². The fraction of sp³-hybridized carbons (Fsp3) is 0.538. The first-order valence-corrected chi connectivity index (χ1v) is 11.7. The molecule has 2 N–H and O–H groups in total. The Morgan fingerprint density at radius 3 is 1.56 bits per heavy atom. The number of ether oxygens (including phenoxy) is 4. The molecule has 6 atom stereocenters. The summed E-state index contributed by atoms with van der Waals surface area (Å²) in [6.07, 6.45) is 0.174. The maximum atomic E-state index is 11.0. The Morgan fingerprint density at radius 2 is 1.12 bits per heavy atom. The zero-order chi connectivity index (χ0) is 22.0. The third-order valence-corrected chi connectivity index (χ3v) is 6.88. The highest BCUT2D eigenvalue weighted by Crippen LogP contribution is 2.46. The Hall–Kier alpha value is -1.80. The van der Waals surface area contributed by atoms with Gasteiger partial charge in [-0.1, -0.05) is 67.1 Å². The molecule has 1 saturated heterocycles. The van der Waals surface area contributed by atoms with E-state index in [1.165, 1.54) is 0 Å². The predicted octanol–water partition coefficient (Wildman–Crippen LogP) is 3.34. The van der Waals surface area contributed by atoms with Crippen LogP contribution in [-0.2, 0) is 32.2 Å². The number of hydrogen-bond donors (Lipinski definition) is 2. The molecule has 1 heterocycles. The molecule has 0 radical (unpaired) electrons. The molecule has 2 aliphatic carbocycles. The van der Waals surface area contributed by atoms with E-state index in [0.29, 0.717) is 13.2 Å². The van der Waals surface area contributed by atoms with Gasteiger partial charge < -0.3 is 29.2 Å². The molecule has 2 aromatic rings. The minimum Gasteiger partial charge on any atom is -0.387 e. The number of aliphatic hydroxyl groups excluding tert-OH is 2. The Kier molecular flexibility index (Phi) is 6.60. The Balaban J connectivity index is 1.36. The molecule has 2 aromatic carbocycles. The van der Waals surface area contributed by atoms with E-state index in [4.69, 9.17) is 18.9 Å². The van der Waals surface area contributed by atoms with E-state index in [1.54, 1.807) is 0 Å². The number of aliphatic hydroxyl groups is 2. The highest BCUT2D eigenvalue weighted by atomic mass is 16.8. The quantitative estimate of drug-likeness (QED) is 0.718. The molecule has 0 unspecified atom stereocenters. The van der Waals surface area contributed by atoms with Gasteiger partial charge in [-0.2, -0.15) is 0 Å². The van der Waals surface area contributed by atoms with Crippen LogP contribution in [0.15, 0.2) is 60.7 Å². The third-order valence-electron chi connectivity index (χ3n) is 6.88. The van der Waals surface area contributed by atoms with Gasteiger partial charge in [-0.05, 0) is 24.0 Å². The van der Waals surface area contributed by atoms with Crippen molar-refractivity contribution in [2.75, 3.05) is 0 Å². The fourth-order valence-corrected chi connectivity index (χ4v) is 5.19. The molecule has 5 rings (SSSR count). The zero-order valence-electron chi connectivity index (χ0n) is 18.2. The normalized spacial score (nSPS) is 33.8. The van der Waals surface area contributed by atoms with Crippen LogP contribution in [0.2, 0.25) is 0 Å². The van der Waals surface area contributed by atoms with Crippen molar-refractivity contribution in [2.45, 2.75) is 87.7 Å². The fourth-order valence-electron chi connectivity index (χ4n) is 5.19. The second-order valence-electron chi connectivity index (χ2n) is 9.14. The van der Waals surface area contributed by atoms with Crippen molar-refractivity contribution in [3.63, 3.8) is 0 Å². The number of hydrogen-bond acceptors (Lipinski definition) is 6. The lowest BCUT2D eigenvalue weighted by molar-refractivity contribution is -0.223. The van der Waals surface area contributed by atoms with Crippen molar-refractivity contribution >= 4 is 0 Å². The van der Waals surface area contributed by atoms with Crippen molar-refractivity contribution in [2.24, 2.45) is 0 Å². The van der Waals surface area contributed by atoms with E-state index in [-0.39, 0.29) is 0 Å². The van der Waals surface area contributed by atoms with Crippen LogP contribution in [0.5, 0.6) is 0 Å². The van der Waals surface area contributed by atoms with Crippen LogP contribution in [0.25, 0.3) is 0 Å². The largest absolute Gasteiger partial charge is 0.387 e. The van der Waals surface area contributed by atoms with Gasteiger partial charge in [-0.15, -0.1) is 0 Å². The zero-order valence-corrected chi connectivity index (χ0v) is 18.2. The van der Waals surface area contributed by atoms with Gasteiger partial charge >= 0.3 is 0 Å². The van der Waals surface area contributed by atoms with Gasteiger partial charge in [0.2, 0.25) is 0 Å². The number of rotatable bonds is 6. The molecule has 6 heteroatoms. The van der Waals surface area contributed by atoms with E-state index in [2.05, 4.69) is 0 Å². The predicted molar refractivity (Wildman–Crippen MR) is 118 cm³/mol. The van der Waals surface area contributed by atoms with Gasteiger partial charge in [0.1, 0.15) is 36.6 Å². The molecule has 0 amide bonds. The summed E-state index contributed by atoms with van der Waals surface area (Å²) in [5.74, 6) is -0.680. The van der Waals surface area contributed by atoms with E-state index >= 15 is 0 Å². The second kappa shape index (κ2) is 9.59. The lowest BCUT2D eigenvalue weighted by atomic mass is 9.84. The third kappa shape index (κ3) is 4.49. The molecule has 1 spiro atoms. The van der Waals surface area contributed by atoms with Crippen LogP contribution in [0.3, 0.4) is 0 Å². The lowest BCUT2D eigenvalue weighted by Crippen LogP contribution is -2.63. The van der Waals surface area contributed by atoms with Gasteiger partial charge in [-0.3, -0.25) is 0 Å². The molecule has 1 aliphatic heterocycles. The van der Waals surface area contributed by atoms with Crippen molar-refractivity contribution in [3.05, 3.63) is 71.8 Å². The Labute approximate surface area is 189 Å².